The lowest BCUT2D eigenvalue weighted by atomic mass is 10.9. The van der Waals surface area contributed by atoms with Crippen LogP contribution >= 0.6 is 12.4 Å². The molecule has 0 spiro atoms. The van der Waals surface area contributed by atoms with Gasteiger partial charge in [-0.1, -0.05) is 0 Å². The molecule has 0 aliphatic rings. The summed E-state index contributed by atoms with van der Waals surface area (Å²) in [6.07, 6.45) is -0.711. The molecule has 9 heteroatoms. The number of nitrogens with one attached hydrogen (secondary N) is 3. The van der Waals surface area contributed by atoms with Crippen molar-refractivity contribution in [2.75, 3.05) is 6.61 Å². The van der Waals surface area contributed by atoms with Gasteiger partial charge in [0.2, 0.25) is 0 Å². The number of primary amides is 1. The molecule has 0 unspecified atom stereocenters. The third-order valence-corrected chi connectivity index (χ3v) is 0.556. The number of nitrogens with two attached hydrogens (primary N) is 3. The molecule has 0 radical (unpaired) electrons. The molecule has 14 heavy (non-hydrogen) atoms. The Morgan fingerprint density at radius 3 is 1.64 bits per heavy atom. The van der Waals surface area contributed by atoms with E-state index in [-0.39, 0.29) is 24.3 Å². The maximum atomic E-state index is 9.60. The molecule has 84 valence electrons. The van der Waals surface area contributed by atoms with Gasteiger partial charge >= 0.3 is 6.09 Å². The second-order valence-corrected chi connectivity index (χ2v) is 1.70. The molecule has 0 aromatic rings. The quantitative estimate of drug-likeness (QED) is 0.246. The van der Waals surface area contributed by atoms with Crippen molar-refractivity contribution >= 4 is 30.4 Å². The highest BCUT2D eigenvalue weighted by Gasteiger charge is 1.83. The van der Waals surface area contributed by atoms with Gasteiger partial charge in [0.05, 0.1) is 6.61 Å². The summed E-state index contributed by atoms with van der Waals surface area (Å²) < 4.78 is 4.18. The van der Waals surface area contributed by atoms with Crippen molar-refractivity contribution < 1.29 is 9.53 Å². The largest absolute Gasteiger partial charge is 0.450 e. The lowest BCUT2D eigenvalue weighted by Crippen LogP contribution is -2.39. The number of hydrogen-bond acceptors (Lipinski definition) is 4. The Bertz CT molecular complexity index is 185. The Morgan fingerprint density at radius 1 is 1.29 bits per heavy atom. The second-order valence-electron chi connectivity index (χ2n) is 1.70. The molecule has 1 amide bonds. The highest BCUT2D eigenvalue weighted by atomic mass is 35.5. The number of carbonyl (C=O) groups is 1. The summed E-state index contributed by atoms with van der Waals surface area (Å²) in [4.78, 5) is 9.60. The Balaban J connectivity index is -0.000000163. The molecule has 8 nitrogen and oxygen atoms in total. The number of carbonyl (C=O) groups excluding carboxylic acids is 1. The molecule has 0 saturated heterocycles. The van der Waals surface area contributed by atoms with Crippen LogP contribution in [0.25, 0.3) is 0 Å². The molecule has 0 aromatic carbocycles. The molecule has 0 saturated carbocycles. The lowest BCUT2D eigenvalue weighted by molar-refractivity contribution is 0.163. The van der Waals surface area contributed by atoms with E-state index >= 15 is 0 Å². The summed E-state index contributed by atoms with van der Waals surface area (Å²) >= 11 is 0. The minimum atomic E-state index is -0.711. The molecule has 9 N–H and O–H groups in total. The molecular weight excluding hydrogens is 212 g/mol. The molecule has 0 fully saturated rings. The minimum Gasteiger partial charge on any atom is -0.450 e. The van der Waals surface area contributed by atoms with Crippen LogP contribution in [0.4, 0.5) is 4.79 Å². The summed E-state index contributed by atoms with van der Waals surface area (Å²) in [6.45, 7) is 2.06. The van der Waals surface area contributed by atoms with E-state index in [2.05, 4.69) is 10.5 Å². The van der Waals surface area contributed by atoms with Gasteiger partial charge in [0.15, 0.2) is 11.9 Å². The lowest BCUT2D eigenvalue weighted by Gasteiger charge is -1.95. The van der Waals surface area contributed by atoms with Crippen LogP contribution in [-0.2, 0) is 4.74 Å². The number of ether oxygens (including phenoxy) is 1. The highest BCUT2D eigenvalue weighted by molar-refractivity contribution is 5.93. The van der Waals surface area contributed by atoms with E-state index in [0.717, 1.165) is 0 Å². The predicted octanol–water partition coefficient (Wildman–Crippen LogP) is -1.11. The van der Waals surface area contributed by atoms with E-state index in [1.165, 1.54) is 0 Å². The fraction of sp³-hybridized carbons (Fsp3) is 0.400. The topological polar surface area (TPSA) is 164 Å². The van der Waals surface area contributed by atoms with E-state index < -0.39 is 6.09 Å². The first kappa shape index (κ1) is 18.2. The molecular formula is C5H15ClN6O2. The zero-order chi connectivity index (χ0) is 10.9. The first-order chi connectivity index (χ1) is 5.90. The van der Waals surface area contributed by atoms with Crippen molar-refractivity contribution in [2.45, 2.75) is 6.92 Å². The van der Waals surface area contributed by atoms with Crippen molar-refractivity contribution in [3.63, 3.8) is 0 Å². The average molecular weight is 227 g/mol. The number of rotatable bonds is 1. The Morgan fingerprint density at radius 2 is 1.64 bits per heavy atom. The van der Waals surface area contributed by atoms with Crippen molar-refractivity contribution in [1.29, 1.82) is 10.8 Å². The van der Waals surface area contributed by atoms with Gasteiger partial charge in [0, 0.05) is 0 Å². The number of guanidine groups is 2. The Hall–Kier alpha value is -1.70. The van der Waals surface area contributed by atoms with Gasteiger partial charge < -0.3 is 21.9 Å². The molecule has 0 rings (SSSR count). The van der Waals surface area contributed by atoms with Crippen molar-refractivity contribution in [3.05, 3.63) is 0 Å². The van der Waals surface area contributed by atoms with E-state index in [1.807, 2.05) is 5.32 Å². The van der Waals surface area contributed by atoms with Gasteiger partial charge in [-0.2, -0.15) is 0 Å². The number of halogens is 1. The van der Waals surface area contributed by atoms with E-state index in [9.17, 15) is 4.79 Å². The number of amides is 1. The predicted molar refractivity (Wildman–Crippen MR) is 55.4 cm³/mol. The van der Waals surface area contributed by atoms with Crippen LogP contribution in [-0.4, -0.2) is 24.6 Å². The Kier molecular flexibility index (Phi) is 14.7. The molecule has 0 heterocycles. The van der Waals surface area contributed by atoms with Gasteiger partial charge in [0.25, 0.3) is 0 Å². The molecule has 0 atom stereocenters. The van der Waals surface area contributed by atoms with Crippen LogP contribution < -0.4 is 22.5 Å². The van der Waals surface area contributed by atoms with Gasteiger partial charge in [0.1, 0.15) is 0 Å². The van der Waals surface area contributed by atoms with Gasteiger partial charge in [-0.3, -0.25) is 16.1 Å². The summed E-state index contributed by atoms with van der Waals surface area (Å²) in [5, 5.41) is 15.0. The average Bonchev–Trinajstić information content (AvgIpc) is 1.83. The standard InChI is InChI=1S/C3H7NO2.C2H7N5.ClH/c1-2-6-3(4)5;3-1(4)7-2(5)6;/h2H2,1H3,(H2,4,5);(H7,3,4,5,6,7);1H. The van der Waals surface area contributed by atoms with E-state index in [1.54, 1.807) is 6.92 Å². The monoisotopic (exact) mass is 226 g/mol. The van der Waals surface area contributed by atoms with Crippen LogP contribution in [0.3, 0.4) is 0 Å². The fourth-order valence-electron chi connectivity index (χ4n) is 0.287. The van der Waals surface area contributed by atoms with Crippen molar-refractivity contribution in [2.24, 2.45) is 17.2 Å². The SMILES string of the molecule is CCOC(N)=O.Cl.N=C(N)NC(=N)N. The zero-order valence-corrected chi connectivity index (χ0v) is 8.48. The van der Waals surface area contributed by atoms with Crippen LogP contribution in [0, 0.1) is 10.8 Å². The fourth-order valence-corrected chi connectivity index (χ4v) is 0.287. The van der Waals surface area contributed by atoms with Crippen LogP contribution in [0.5, 0.6) is 0 Å². The van der Waals surface area contributed by atoms with Crippen LogP contribution in [0.15, 0.2) is 0 Å². The van der Waals surface area contributed by atoms with Crippen LogP contribution in [0.2, 0.25) is 0 Å². The van der Waals surface area contributed by atoms with Crippen molar-refractivity contribution in [3.8, 4) is 0 Å². The van der Waals surface area contributed by atoms with Gasteiger partial charge in [-0.15, -0.1) is 12.4 Å². The first-order valence-electron chi connectivity index (χ1n) is 3.27. The molecule has 0 aliphatic carbocycles. The maximum absolute atomic E-state index is 9.60. The summed E-state index contributed by atoms with van der Waals surface area (Å²) in [5.41, 5.74) is 14.0. The maximum Gasteiger partial charge on any atom is 0.404 e. The second kappa shape index (κ2) is 11.3. The van der Waals surface area contributed by atoms with Gasteiger partial charge in [-0.05, 0) is 6.92 Å². The third-order valence-electron chi connectivity index (χ3n) is 0.556. The van der Waals surface area contributed by atoms with Gasteiger partial charge in [-0.25, -0.2) is 4.79 Å². The summed E-state index contributed by atoms with van der Waals surface area (Å²) in [6, 6.07) is 0. The molecule has 0 bridgehead atoms. The van der Waals surface area contributed by atoms with E-state index in [0.29, 0.717) is 6.61 Å². The highest BCUT2D eigenvalue weighted by Crippen LogP contribution is 1.66. The number of hydrogen-bond donors (Lipinski definition) is 6. The summed E-state index contributed by atoms with van der Waals surface area (Å²) in [7, 11) is 0. The van der Waals surface area contributed by atoms with E-state index in [4.69, 9.17) is 22.3 Å². The normalized spacial score (nSPS) is 6.93. The minimum absolute atomic E-state index is 0. The molecule has 0 aromatic heterocycles. The Labute approximate surface area is 87.6 Å². The summed E-state index contributed by atoms with van der Waals surface area (Å²) in [5.74, 6) is -0.625. The van der Waals surface area contributed by atoms with Crippen LogP contribution in [0.1, 0.15) is 6.92 Å². The zero-order valence-electron chi connectivity index (χ0n) is 7.66. The first-order valence-corrected chi connectivity index (χ1v) is 3.27. The smallest absolute Gasteiger partial charge is 0.404 e. The molecule has 0 aliphatic heterocycles. The van der Waals surface area contributed by atoms with Crippen molar-refractivity contribution in [1.82, 2.24) is 5.32 Å². The third kappa shape index (κ3) is 31.7.